The molecule has 1 amide bonds. The topological polar surface area (TPSA) is 111 Å². The van der Waals surface area contributed by atoms with E-state index in [0.29, 0.717) is 58.4 Å². The largest absolute Gasteiger partial charge is 0.494 e. The summed E-state index contributed by atoms with van der Waals surface area (Å²) in [6.07, 6.45) is 4.99. The molecule has 0 spiro atoms. The Labute approximate surface area is 233 Å². The molecule has 1 aliphatic rings. The molecule has 4 aromatic rings. The Hall–Kier alpha value is -4.42. The Bertz CT molecular complexity index is 1600. The normalized spacial score (nSPS) is 13.8. The third-order valence-corrected chi connectivity index (χ3v) is 7.00. The Morgan fingerprint density at radius 2 is 1.88 bits per heavy atom. The number of hydrogen-bond donors (Lipinski definition) is 0. The molecule has 9 nitrogen and oxygen atoms in total. The van der Waals surface area contributed by atoms with Crippen LogP contribution in [-0.4, -0.2) is 61.3 Å². The summed E-state index contributed by atoms with van der Waals surface area (Å²) >= 11 is 0. The fraction of sp³-hybridized carbons (Fsp3) is 0.355. The minimum absolute atomic E-state index is 0.0278. The van der Waals surface area contributed by atoms with Crippen molar-refractivity contribution >= 4 is 17.0 Å². The molecule has 0 aliphatic carbocycles. The van der Waals surface area contributed by atoms with Crippen molar-refractivity contribution in [1.29, 1.82) is 5.26 Å². The molecule has 0 N–H and O–H groups in total. The number of carbonyl (C=O) groups excluding carboxylic acids is 1. The van der Waals surface area contributed by atoms with E-state index in [-0.39, 0.29) is 17.9 Å². The predicted octanol–water partition coefficient (Wildman–Crippen LogP) is 5.82. The van der Waals surface area contributed by atoms with Gasteiger partial charge in [-0.2, -0.15) is 5.26 Å². The van der Waals surface area contributed by atoms with Gasteiger partial charge in [0.1, 0.15) is 34.9 Å². The third-order valence-electron chi connectivity index (χ3n) is 7.00. The van der Waals surface area contributed by atoms with Crippen LogP contribution in [0.15, 0.2) is 47.1 Å². The number of benzene rings is 1. The molecule has 0 saturated carbocycles. The zero-order valence-electron chi connectivity index (χ0n) is 23.4. The van der Waals surface area contributed by atoms with E-state index in [9.17, 15) is 10.1 Å². The third kappa shape index (κ3) is 5.23. The van der Waals surface area contributed by atoms with Gasteiger partial charge in [0, 0.05) is 51.0 Å². The number of rotatable bonds is 7. The molecule has 0 bridgehead atoms. The number of nitriles is 1. The summed E-state index contributed by atoms with van der Waals surface area (Å²) in [5, 5.41) is 9.98. The molecule has 206 valence electrons. The molecule has 1 saturated heterocycles. The van der Waals surface area contributed by atoms with Crippen molar-refractivity contribution in [3.8, 4) is 40.1 Å². The van der Waals surface area contributed by atoms with Crippen molar-refractivity contribution in [3.63, 3.8) is 0 Å². The second-order valence-corrected chi connectivity index (χ2v) is 10.3. The first kappa shape index (κ1) is 27.2. The number of nitrogens with zero attached hydrogens (tertiary/aromatic N) is 4. The average molecular weight is 541 g/mol. The van der Waals surface area contributed by atoms with Crippen molar-refractivity contribution < 1.29 is 23.4 Å². The van der Waals surface area contributed by atoms with Gasteiger partial charge in [-0.3, -0.25) is 9.78 Å². The quantitative estimate of drug-likeness (QED) is 0.288. The lowest BCUT2D eigenvalue weighted by Crippen LogP contribution is -2.26. The van der Waals surface area contributed by atoms with Crippen molar-refractivity contribution in [1.82, 2.24) is 14.9 Å². The van der Waals surface area contributed by atoms with Crippen LogP contribution in [0.1, 0.15) is 54.1 Å². The Morgan fingerprint density at radius 3 is 2.55 bits per heavy atom. The summed E-state index contributed by atoms with van der Waals surface area (Å²) in [6, 6.07) is 11.4. The van der Waals surface area contributed by atoms with Crippen LogP contribution in [-0.2, 0) is 4.74 Å². The van der Waals surface area contributed by atoms with E-state index in [0.717, 1.165) is 29.5 Å². The Balaban J connectivity index is 1.60. The van der Waals surface area contributed by atoms with E-state index >= 15 is 0 Å². The molecule has 5 rings (SSSR count). The number of carbonyl (C=O) groups is 1. The van der Waals surface area contributed by atoms with E-state index in [1.807, 2.05) is 30.5 Å². The van der Waals surface area contributed by atoms with E-state index < -0.39 is 0 Å². The highest BCUT2D eigenvalue weighted by Crippen LogP contribution is 2.41. The molecule has 1 aromatic carbocycles. The van der Waals surface area contributed by atoms with Crippen LogP contribution >= 0.6 is 0 Å². The van der Waals surface area contributed by atoms with Gasteiger partial charge in [0.15, 0.2) is 11.3 Å². The van der Waals surface area contributed by atoms with Gasteiger partial charge in [0.2, 0.25) is 0 Å². The predicted molar refractivity (Wildman–Crippen MR) is 151 cm³/mol. The van der Waals surface area contributed by atoms with Gasteiger partial charge in [0.25, 0.3) is 5.91 Å². The lowest BCUT2D eigenvalue weighted by molar-refractivity contribution is 0.0254. The van der Waals surface area contributed by atoms with Gasteiger partial charge in [-0.1, -0.05) is 19.9 Å². The first-order valence-corrected chi connectivity index (χ1v) is 13.3. The van der Waals surface area contributed by atoms with Gasteiger partial charge < -0.3 is 23.5 Å². The van der Waals surface area contributed by atoms with Gasteiger partial charge in [0.05, 0.1) is 31.5 Å². The molecule has 40 heavy (non-hydrogen) atoms. The minimum atomic E-state index is -0.176. The summed E-state index contributed by atoms with van der Waals surface area (Å²) < 4.78 is 23.6. The number of aromatic nitrogens is 2. The lowest BCUT2D eigenvalue weighted by Gasteiger charge is -2.24. The van der Waals surface area contributed by atoms with Gasteiger partial charge >= 0.3 is 0 Å². The summed E-state index contributed by atoms with van der Waals surface area (Å²) in [5.41, 5.74) is 5.24. The first-order chi connectivity index (χ1) is 19.3. The SMILES string of the molecule is COc1cc(C(=O)N(C)C)cnc1-c1cc2ncc(C(C)C)c(-c3ccc(OC4CCOCC4)c(C#N)c3)c2o1. The average Bonchev–Trinajstić information content (AvgIpc) is 3.40. The molecule has 1 aliphatic heterocycles. The Kier molecular flexibility index (Phi) is 7.71. The number of hydrogen-bond acceptors (Lipinski definition) is 8. The van der Waals surface area contributed by atoms with Crippen LogP contribution in [0.25, 0.3) is 33.7 Å². The van der Waals surface area contributed by atoms with Gasteiger partial charge in [-0.15, -0.1) is 0 Å². The summed E-state index contributed by atoms with van der Waals surface area (Å²) in [6.45, 7) is 5.50. The number of methoxy groups -OCH3 is 1. The number of furan rings is 1. The summed E-state index contributed by atoms with van der Waals surface area (Å²) in [7, 11) is 4.90. The zero-order chi connectivity index (χ0) is 28.4. The van der Waals surface area contributed by atoms with Crippen molar-refractivity contribution in [2.45, 2.75) is 38.7 Å². The van der Waals surface area contributed by atoms with Crippen molar-refractivity contribution in [2.75, 3.05) is 34.4 Å². The number of pyridine rings is 2. The molecular weight excluding hydrogens is 508 g/mol. The zero-order valence-corrected chi connectivity index (χ0v) is 23.4. The fourth-order valence-corrected chi connectivity index (χ4v) is 4.85. The van der Waals surface area contributed by atoms with Crippen LogP contribution in [0.5, 0.6) is 11.5 Å². The maximum absolute atomic E-state index is 12.5. The lowest BCUT2D eigenvalue weighted by atomic mass is 9.92. The molecule has 1 fully saturated rings. The molecule has 0 atom stereocenters. The smallest absolute Gasteiger partial charge is 0.255 e. The molecule has 3 aromatic heterocycles. The molecule has 9 heteroatoms. The monoisotopic (exact) mass is 540 g/mol. The van der Waals surface area contributed by atoms with Crippen LogP contribution in [0.3, 0.4) is 0 Å². The van der Waals surface area contributed by atoms with Crippen LogP contribution in [0, 0.1) is 11.3 Å². The summed E-state index contributed by atoms with van der Waals surface area (Å²) in [5.74, 6) is 1.42. The fourth-order valence-electron chi connectivity index (χ4n) is 4.85. The van der Waals surface area contributed by atoms with Gasteiger partial charge in [-0.25, -0.2) is 4.98 Å². The van der Waals surface area contributed by atoms with E-state index in [1.165, 1.54) is 18.2 Å². The van der Waals surface area contributed by atoms with Crippen molar-refractivity contribution in [2.24, 2.45) is 0 Å². The van der Waals surface area contributed by atoms with E-state index in [4.69, 9.17) is 18.6 Å². The van der Waals surface area contributed by atoms with Gasteiger partial charge in [-0.05, 0) is 35.2 Å². The second kappa shape index (κ2) is 11.4. The standard InChI is InChI=1S/C31H32N4O5/c1-18(2)23-17-33-24-14-27(29-26(37-5)13-21(16-34-29)31(36)35(3)4)40-30(24)28(23)19-6-7-25(20(12-19)15-32)39-22-8-10-38-11-9-22/h6-7,12-14,16-18,22H,8-11H2,1-5H3. The van der Waals surface area contributed by atoms with E-state index in [1.54, 1.807) is 20.2 Å². The number of ether oxygens (including phenoxy) is 3. The maximum atomic E-state index is 12.5. The van der Waals surface area contributed by atoms with Crippen LogP contribution in [0.2, 0.25) is 0 Å². The molecule has 0 unspecified atom stereocenters. The molecular formula is C31H32N4O5. The first-order valence-electron chi connectivity index (χ1n) is 13.3. The van der Waals surface area contributed by atoms with Crippen LogP contribution in [0.4, 0.5) is 0 Å². The van der Waals surface area contributed by atoms with Crippen molar-refractivity contribution in [3.05, 3.63) is 59.4 Å². The molecule has 4 heterocycles. The second-order valence-electron chi connectivity index (χ2n) is 10.3. The highest BCUT2D eigenvalue weighted by molar-refractivity contribution is 5.96. The number of amides is 1. The summed E-state index contributed by atoms with van der Waals surface area (Å²) in [4.78, 5) is 23.1. The highest BCUT2D eigenvalue weighted by atomic mass is 16.5. The maximum Gasteiger partial charge on any atom is 0.255 e. The van der Waals surface area contributed by atoms with Crippen LogP contribution < -0.4 is 9.47 Å². The highest BCUT2D eigenvalue weighted by Gasteiger charge is 2.23. The Morgan fingerprint density at radius 1 is 1.10 bits per heavy atom. The van der Waals surface area contributed by atoms with E-state index in [2.05, 4.69) is 29.9 Å². The number of fused-ring (bicyclic) bond motifs is 1. The molecule has 0 radical (unpaired) electrons. The minimum Gasteiger partial charge on any atom is -0.494 e.